The molecule has 0 bridgehead atoms. The van der Waals surface area contributed by atoms with Crippen molar-refractivity contribution < 1.29 is 28.6 Å². The fourth-order valence-corrected chi connectivity index (χ4v) is 7.40. The highest BCUT2D eigenvalue weighted by Gasteiger charge is 2.19. The topological polar surface area (TPSA) is 78.9 Å². The van der Waals surface area contributed by atoms with Crippen molar-refractivity contribution in [3.8, 4) is 0 Å². The monoisotopic (exact) mass is 893 g/mol. The van der Waals surface area contributed by atoms with Crippen LogP contribution >= 0.6 is 0 Å². The Hall–Kier alpha value is -3.15. The molecule has 0 unspecified atom stereocenters. The number of esters is 3. The Morgan fingerprint density at radius 1 is 0.328 bits per heavy atom. The van der Waals surface area contributed by atoms with Gasteiger partial charge in [-0.15, -0.1) is 0 Å². The molecule has 0 amide bonds. The van der Waals surface area contributed by atoms with E-state index >= 15 is 0 Å². The van der Waals surface area contributed by atoms with Crippen LogP contribution in [0.4, 0.5) is 0 Å². The van der Waals surface area contributed by atoms with Crippen LogP contribution in [0.15, 0.2) is 72.9 Å². The Morgan fingerprint density at radius 2 is 0.609 bits per heavy atom. The van der Waals surface area contributed by atoms with E-state index in [1.165, 1.54) is 116 Å². The molecule has 0 rings (SSSR count). The van der Waals surface area contributed by atoms with E-state index in [1.807, 2.05) is 0 Å². The van der Waals surface area contributed by atoms with E-state index in [0.717, 1.165) is 103 Å². The van der Waals surface area contributed by atoms with Gasteiger partial charge in [0.15, 0.2) is 6.10 Å². The summed E-state index contributed by atoms with van der Waals surface area (Å²) in [6.07, 6.45) is 66.0. The van der Waals surface area contributed by atoms with E-state index in [4.69, 9.17) is 14.2 Å². The highest BCUT2D eigenvalue weighted by Crippen LogP contribution is 2.15. The average molecular weight is 893 g/mol. The Morgan fingerprint density at radius 3 is 1.00 bits per heavy atom. The Bertz CT molecular complexity index is 1210. The lowest BCUT2D eigenvalue weighted by molar-refractivity contribution is -0.167. The Labute approximate surface area is 395 Å². The molecule has 0 aliphatic rings. The van der Waals surface area contributed by atoms with Crippen LogP contribution in [0.25, 0.3) is 0 Å². The van der Waals surface area contributed by atoms with E-state index in [-0.39, 0.29) is 31.1 Å². The normalized spacial score (nSPS) is 12.6. The standard InChI is InChI=1S/C58H100O6/c1-4-7-10-13-16-19-22-25-27-28-29-30-31-34-36-39-42-45-48-51-57(60)63-54-55(53-62-56(59)50-47-44-41-38-35-32-24-21-18-15-12-9-6-3)64-58(61)52-49-46-43-40-37-33-26-23-20-17-14-11-8-5-2/h7,10,16,19,21,24-25,27,29-30,34,36,55H,4-6,8-9,11-15,17-18,20,22-23,26,28,31-33,35,37-54H2,1-3H3/b10-7+,19-16+,24-21+,27-25+,30-29+,36-34+/t55-/m1/s1. The van der Waals surface area contributed by atoms with Crippen molar-refractivity contribution in [1.82, 2.24) is 0 Å². The van der Waals surface area contributed by atoms with Gasteiger partial charge in [0.1, 0.15) is 13.2 Å². The lowest BCUT2D eigenvalue weighted by atomic mass is 10.0. The smallest absolute Gasteiger partial charge is 0.306 e. The maximum atomic E-state index is 12.8. The van der Waals surface area contributed by atoms with Gasteiger partial charge < -0.3 is 14.2 Å². The number of carbonyl (C=O) groups is 3. The van der Waals surface area contributed by atoms with Crippen molar-refractivity contribution in [1.29, 1.82) is 0 Å². The third-order valence-corrected chi connectivity index (χ3v) is 11.4. The van der Waals surface area contributed by atoms with Gasteiger partial charge in [0.05, 0.1) is 0 Å². The fourth-order valence-electron chi connectivity index (χ4n) is 7.40. The predicted octanol–water partition coefficient (Wildman–Crippen LogP) is 17.8. The minimum atomic E-state index is -0.790. The zero-order valence-corrected chi connectivity index (χ0v) is 42.0. The average Bonchev–Trinajstić information content (AvgIpc) is 3.29. The van der Waals surface area contributed by atoms with Crippen LogP contribution in [0.2, 0.25) is 0 Å². The first-order chi connectivity index (χ1) is 31.5. The summed E-state index contributed by atoms with van der Waals surface area (Å²) >= 11 is 0. The minimum absolute atomic E-state index is 0.0887. The zero-order valence-electron chi connectivity index (χ0n) is 42.0. The Balaban J connectivity index is 4.43. The van der Waals surface area contributed by atoms with Gasteiger partial charge in [-0.1, -0.05) is 222 Å². The number of carbonyl (C=O) groups excluding carboxylic acids is 3. The van der Waals surface area contributed by atoms with Gasteiger partial charge in [0.2, 0.25) is 0 Å². The molecule has 0 aliphatic carbocycles. The highest BCUT2D eigenvalue weighted by molar-refractivity contribution is 5.71. The summed E-state index contributed by atoms with van der Waals surface area (Å²) in [4.78, 5) is 38.0. The van der Waals surface area contributed by atoms with E-state index < -0.39 is 6.10 Å². The molecule has 6 nitrogen and oxygen atoms in total. The second-order valence-corrected chi connectivity index (χ2v) is 17.8. The van der Waals surface area contributed by atoms with Crippen molar-refractivity contribution in [3.05, 3.63) is 72.9 Å². The van der Waals surface area contributed by atoms with Gasteiger partial charge in [-0.3, -0.25) is 14.4 Å². The molecule has 0 aromatic carbocycles. The maximum Gasteiger partial charge on any atom is 0.306 e. The summed E-state index contributed by atoms with van der Waals surface area (Å²) in [7, 11) is 0. The van der Waals surface area contributed by atoms with Crippen LogP contribution in [0.1, 0.15) is 258 Å². The van der Waals surface area contributed by atoms with Crippen molar-refractivity contribution in [2.45, 2.75) is 264 Å². The summed E-state index contributed by atoms with van der Waals surface area (Å²) in [5.74, 6) is -0.924. The van der Waals surface area contributed by atoms with Crippen LogP contribution in [-0.2, 0) is 28.6 Å². The first-order valence-corrected chi connectivity index (χ1v) is 26.9. The number of hydrogen-bond acceptors (Lipinski definition) is 6. The maximum absolute atomic E-state index is 12.8. The van der Waals surface area contributed by atoms with Crippen molar-refractivity contribution in [2.75, 3.05) is 13.2 Å². The van der Waals surface area contributed by atoms with Gasteiger partial charge in [-0.2, -0.15) is 0 Å². The van der Waals surface area contributed by atoms with E-state index in [1.54, 1.807) is 0 Å². The third-order valence-electron chi connectivity index (χ3n) is 11.4. The summed E-state index contributed by atoms with van der Waals surface area (Å²) in [5.41, 5.74) is 0. The first kappa shape index (κ1) is 60.9. The quantitative estimate of drug-likeness (QED) is 0.0262. The molecule has 6 heteroatoms. The summed E-state index contributed by atoms with van der Waals surface area (Å²) in [6.45, 7) is 6.48. The lowest BCUT2D eigenvalue weighted by Gasteiger charge is -2.18. The molecule has 0 aromatic rings. The molecule has 0 aliphatic heterocycles. The van der Waals surface area contributed by atoms with Crippen molar-refractivity contribution in [2.24, 2.45) is 0 Å². The fraction of sp³-hybridized carbons (Fsp3) is 0.741. The molecule has 0 saturated heterocycles. The van der Waals surface area contributed by atoms with Crippen LogP contribution in [-0.4, -0.2) is 37.2 Å². The van der Waals surface area contributed by atoms with E-state index in [9.17, 15) is 14.4 Å². The molecule has 0 saturated carbocycles. The number of allylic oxidation sites excluding steroid dienone is 12. The SMILES string of the molecule is CC/C=C/C/C=C/C/C=C/C/C=C/C/C=C/CCCCCC(=O)OC[C@@H](COC(=O)CCCCCCC/C=C/CCCCCC)OC(=O)CCCCCCCCCCCCCCCC. The number of hydrogen-bond donors (Lipinski definition) is 0. The minimum Gasteiger partial charge on any atom is -0.462 e. The summed E-state index contributed by atoms with van der Waals surface area (Å²) in [5, 5.41) is 0. The summed E-state index contributed by atoms with van der Waals surface area (Å²) < 4.78 is 16.8. The Kier molecular flexibility index (Phi) is 49.9. The van der Waals surface area contributed by atoms with Gasteiger partial charge in [0, 0.05) is 19.3 Å². The largest absolute Gasteiger partial charge is 0.462 e. The van der Waals surface area contributed by atoms with Crippen LogP contribution < -0.4 is 0 Å². The lowest BCUT2D eigenvalue weighted by Crippen LogP contribution is -2.30. The molecule has 64 heavy (non-hydrogen) atoms. The zero-order chi connectivity index (χ0) is 46.5. The van der Waals surface area contributed by atoms with Gasteiger partial charge >= 0.3 is 17.9 Å². The molecule has 1 atom stereocenters. The highest BCUT2D eigenvalue weighted by atomic mass is 16.6. The third kappa shape index (κ3) is 49.9. The van der Waals surface area contributed by atoms with Crippen LogP contribution in [0.3, 0.4) is 0 Å². The van der Waals surface area contributed by atoms with Crippen molar-refractivity contribution in [3.63, 3.8) is 0 Å². The predicted molar refractivity (Wildman–Crippen MR) is 274 cm³/mol. The number of ether oxygens (including phenoxy) is 3. The molecule has 0 N–H and O–H groups in total. The molecule has 0 radical (unpaired) electrons. The molecular weight excluding hydrogens is 793 g/mol. The number of rotatable bonds is 48. The van der Waals surface area contributed by atoms with E-state index in [2.05, 4.69) is 93.7 Å². The van der Waals surface area contributed by atoms with Gasteiger partial charge in [0.25, 0.3) is 0 Å². The molecule has 0 spiro atoms. The molecule has 0 heterocycles. The summed E-state index contributed by atoms with van der Waals surface area (Å²) in [6, 6.07) is 0. The number of unbranched alkanes of at least 4 members (excludes halogenated alkanes) is 25. The van der Waals surface area contributed by atoms with Crippen molar-refractivity contribution >= 4 is 17.9 Å². The molecular formula is C58H100O6. The van der Waals surface area contributed by atoms with Gasteiger partial charge in [-0.25, -0.2) is 0 Å². The second-order valence-electron chi connectivity index (χ2n) is 17.8. The van der Waals surface area contributed by atoms with E-state index in [0.29, 0.717) is 19.3 Å². The molecule has 0 aromatic heterocycles. The van der Waals surface area contributed by atoms with Crippen LogP contribution in [0.5, 0.6) is 0 Å². The van der Waals surface area contributed by atoms with Crippen LogP contribution in [0, 0.1) is 0 Å². The van der Waals surface area contributed by atoms with Gasteiger partial charge in [-0.05, 0) is 89.9 Å². The molecule has 368 valence electrons. The second kappa shape index (κ2) is 52.5. The first-order valence-electron chi connectivity index (χ1n) is 26.9. The molecule has 0 fully saturated rings.